The van der Waals surface area contributed by atoms with Crippen molar-refractivity contribution in [1.29, 1.82) is 0 Å². The van der Waals surface area contributed by atoms with Crippen LogP contribution in [0.1, 0.15) is 13.3 Å². The highest BCUT2D eigenvalue weighted by Gasteiger charge is 2.18. The molecule has 1 fully saturated rings. The summed E-state index contributed by atoms with van der Waals surface area (Å²) in [5.41, 5.74) is 0.795. The number of hydrogen-bond donors (Lipinski definition) is 0. The zero-order valence-corrected chi connectivity index (χ0v) is 9.63. The lowest BCUT2D eigenvalue weighted by atomic mass is 10.3. The van der Waals surface area contributed by atoms with Gasteiger partial charge in [-0.15, -0.1) is 0 Å². The molecule has 0 atom stereocenters. The third-order valence-corrected chi connectivity index (χ3v) is 4.74. The molecule has 1 aromatic carbocycles. The van der Waals surface area contributed by atoms with Crippen molar-refractivity contribution in [3.05, 3.63) is 24.3 Å². The fourth-order valence-electron chi connectivity index (χ4n) is 1.44. The second kappa shape index (κ2) is 4.23. The first-order valence-corrected chi connectivity index (χ1v) is 7.02. The minimum atomic E-state index is -1.88. The van der Waals surface area contributed by atoms with Gasteiger partial charge in [-0.1, -0.05) is 0 Å². The predicted octanol–water partition coefficient (Wildman–Crippen LogP) is 2.59. The topological polar surface area (TPSA) is 38.7 Å². The Kier molecular flexibility index (Phi) is 2.95. The molecule has 1 heterocycles. The van der Waals surface area contributed by atoms with Crippen LogP contribution in [0.5, 0.6) is 5.75 Å². The Bertz CT molecular complexity index is 434. The smallest absolute Gasteiger partial charge is 0.119 e. The average molecular weight is 225 g/mol. The maximum atomic E-state index is 11.8. The van der Waals surface area contributed by atoms with E-state index in [0.717, 1.165) is 29.4 Å². The molecule has 0 bridgehead atoms. The van der Waals surface area contributed by atoms with Gasteiger partial charge in [0.2, 0.25) is 0 Å². The first-order chi connectivity index (χ1) is 7.22. The van der Waals surface area contributed by atoms with Crippen LogP contribution < -0.4 is 4.74 Å². The van der Waals surface area contributed by atoms with Gasteiger partial charge in [-0.2, -0.15) is 4.36 Å². The van der Waals surface area contributed by atoms with Crippen molar-refractivity contribution in [2.75, 3.05) is 18.1 Å². The van der Waals surface area contributed by atoms with Gasteiger partial charge in [-0.25, -0.2) is 4.21 Å². The maximum absolute atomic E-state index is 11.8. The van der Waals surface area contributed by atoms with E-state index >= 15 is 0 Å². The summed E-state index contributed by atoms with van der Waals surface area (Å²) in [5.74, 6) is 2.33. The van der Waals surface area contributed by atoms with Crippen molar-refractivity contribution >= 4 is 15.4 Å². The molecule has 2 rings (SSSR count). The van der Waals surface area contributed by atoms with Crippen LogP contribution in [-0.4, -0.2) is 22.3 Å². The zero-order valence-electron chi connectivity index (χ0n) is 8.81. The highest BCUT2D eigenvalue weighted by Crippen LogP contribution is 2.23. The molecule has 0 saturated carbocycles. The first-order valence-electron chi connectivity index (χ1n) is 5.17. The molecule has 1 aromatic rings. The van der Waals surface area contributed by atoms with Gasteiger partial charge in [0.15, 0.2) is 0 Å². The Balaban J connectivity index is 2.17. The normalized spacial score (nSPS) is 17.9. The Morgan fingerprint density at radius 3 is 2.47 bits per heavy atom. The van der Waals surface area contributed by atoms with Crippen LogP contribution in [0.15, 0.2) is 28.6 Å². The second-order valence-corrected chi connectivity index (χ2v) is 6.10. The SMILES string of the molecule is CCOc1ccc(N=S2(=O)CCC2)cc1. The molecule has 1 aliphatic heterocycles. The van der Waals surface area contributed by atoms with E-state index in [0.29, 0.717) is 6.61 Å². The molecule has 4 heteroatoms. The lowest BCUT2D eigenvalue weighted by molar-refractivity contribution is 0.340. The van der Waals surface area contributed by atoms with Gasteiger partial charge in [0.1, 0.15) is 5.75 Å². The number of nitrogens with zero attached hydrogens (tertiary/aromatic N) is 1. The molecule has 82 valence electrons. The largest absolute Gasteiger partial charge is 0.494 e. The third kappa shape index (κ3) is 2.50. The van der Waals surface area contributed by atoms with E-state index in [-0.39, 0.29) is 0 Å². The fraction of sp³-hybridized carbons (Fsp3) is 0.455. The van der Waals surface area contributed by atoms with Crippen molar-refractivity contribution in [2.45, 2.75) is 13.3 Å². The summed E-state index contributed by atoms with van der Waals surface area (Å²) in [4.78, 5) is 0. The minimum absolute atomic E-state index is 0.660. The third-order valence-electron chi connectivity index (χ3n) is 2.35. The van der Waals surface area contributed by atoms with E-state index in [1.807, 2.05) is 31.2 Å². The number of ether oxygens (including phenoxy) is 1. The Morgan fingerprint density at radius 2 is 2.00 bits per heavy atom. The van der Waals surface area contributed by atoms with Crippen LogP contribution in [0.3, 0.4) is 0 Å². The quantitative estimate of drug-likeness (QED) is 0.793. The van der Waals surface area contributed by atoms with Crippen molar-refractivity contribution in [2.24, 2.45) is 4.36 Å². The van der Waals surface area contributed by atoms with Gasteiger partial charge in [0, 0.05) is 11.5 Å². The molecule has 0 unspecified atom stereocenters. The Morgan fingerprint density at radius 1 is 1.33 bits per heavy atom. The molecule has 1 saturated heterocycles. The van der Waals surface area contributed by atoms with Gasteiger partial charge in [-0.3, -0.25) is 0 Å². The van der Waals surface area contributed by atoms with Crippen LogP contribution in [0.4, 0.5) is 5.69 Å². The van der Waals surface area contributed by atoms with Gasteiger partial charge >= 0.3 is 0 Å². The van der Waals surface area contributed by atoms with Crippen molar-refractivity contribution < 1.29 is 8.95 Å². The van der Waals surface area contributed by atoms with Crippen LogP contribution >= 0.6 is 0 Å². The molecule has 0 radical (unpaired) electrons. The van der Waals surface area contributed by atoms with Gasteiger partial charge < -0.3 is 4.74 Å². The fourth-order valence-corrected chi connectivity index (χ4v) is 2.92. The maximum Gasteiger partial charge on any atom is 0.119 e. The van der Waals surface area contributed by atoms with Crippen LogP contribution in [0.25, 0.3) is 0 Å². The van der Waals surface area contributed by atoms with E-state index in [1.54, 1.807) is 0 Å². The van der Waals surface area contributed by atoms with Gasteiger partial charge in [0.05, 0.1) is 22.0 Å². The van der Waals surface area contributed by atoms with E-state index in [2.05, 4.69) is 4.36 Å². The van der Waals surface area contributed by atoms with E-state index in [1.165, 1.54) is 0 Å². The molecule has 0 aromatic heterocycles. The summed E-state index contributed by atoms with van der Waals surface area (Å²) in [7, 11) is -1.88. The summed E-state index contributed by atoms with van der Waals surface area (Å²) in [6, 6.07) is 7.44. The predicted molar refractivity (Wildman–Crippen MR) is 62.2 cm³/mol. The molecule has 0 N–H and O–H groups in total. The summed E-state index contributed by atoms with van der Waals surface area (Å²) >= 11 is 0. The summed E-state index contributed by atoms with van der Waals surface area (Å²) in [6.45, 7) is 2.61. The zero-order chi connectivity index (χ0) is 10.7. The molecular weight excluding hydrogens is 210 g/mol. The number of hydrogen-bond acceptors (Lipinski definition) is 3. The van der Waals surface area contributed by atoms with E-state index in [9.17, 15) is 4.21 Å². The Labute approximate surface area is 90.6 Å². The molecule has 1 aliphatic rings. The van der Waals surface area contributed by atoms with Crippen LogP contribution in [-0.2, 0) is 9.73 Å². The molecule has 15 heavy (non-hydrogen) atoms. The van der Waals surface area contributed by atoms with E-state index < -0.39 is 9.73 Å². The van der Waals surface area contributed by atoms with Gasteiger partial charge in [0.25, 0.3) is 0 Å². The van der Waals surface area contributed by atoms with Crippen molar-refractivity contribution in [1.82, 2.24) is 0 Å². The molecule has 0 amide bonds. The van der Waals surface area contributed by atoms with Crippen LogP contribution in [0.2, 0.25) is 0 Å². The summed E-state index contributed by atoms with van der Waals surface area (Å²) in [5, 5.41) is 0. The molecule has 3 nitrogen and oxygen atoms in total. The highest BCUT2D eigenvalue weighted by molar-refractivity contribution is 7.95. The molecule has 0 aliphatic carbocycles. The summed E-state index contributed by atoms with van der Waals surface area (Å²) in [6.07, 6.45) is 1.04. The van der Waals surface area contributed by atoms with Gasteiger partial charge in [-0.05, 0) is 37.6 Å². The average Bonchev–Trinajstić information content (AvgIpc) is 2.19. The monoisotopic (exact) mass is 225 g/mol. The lowest BCUT2D eigenvalue weighted by Crippen LogP contribution is -2.22. The molecular formula is C11H15NO2S. The minimum Gasteiger partial charge on any atom is -0.494 e. The van der Waals surface area contributed by atoms with E-state index in [4.69, 9.17) is 4.74 Å². The summed E-state index contributed by atoms with van der Waals surface area (Å²) < 4.78 is 21.4. The van der Waals surface area contributed by atoms with Crippen molar-refractivity contribution in [3.8, 4) is 5.75 Å². The first kappa shape index (κ1) is 10.5. The Hall–Kier alpha value is -1.03. The number of benzene rings is 1. The standard InChI is InChI=1S/C11H15NO2S/c1-2-14-11-6-4-10(5-7-11)12-15(13)8-3-9-15/h4-7H,2-3,8-9H2,1H3. The molecule has 0 spiro atoms. The second-order valence-electron chi connectivity index (χ2n) is 3.55. The van der Waals surface area contributed by atoms with Crippen LogP contribution in [0, 0.1) is 0 Å². The lowest BCUT2D eigenvalue weighted by Gasteiger charge is -2.17. The number of rotatable bonds is 3. The highest BCUT2D eigenvalue weighted by atomic mass is 32.2. The van der Waals surface area contributed by atoms with Crippen molar-refractivity contribution in [3.63, 3.8) is 0 Å².